The second-order valence-electron chi connectivity index (χ2n) is 5.35. The predicted octanol–water partition coefficient (Wildman–Crippen LogP) is 1.11. The van der Waals surface area contributed by atoms with Crippen molar-refractivity contribution >= 4 is 5.97 Å². The number of aliphatic hydroxyl groups is 1. The number of carboxylic acid groups (broad SMARTS) is 1. The summed E-state index contributed by atoms with van der Waals surface area (Å²) in [6.07, 6.45) is 3.80. The Balaban J connectivity index is 1.93. The lowest BCUT2D eigenvalue weighted by Gasteiger charge is -2.55. The molecular formula is C11H16O3. The van der Waals surface area contributed by atoms with Crippen LogP contribution in [0.2, 0.25) is 0 Å². The minimum atomic E-state index is -0.683. The Bertz CT molecular complexity index is 276. The maximum absolute atomic E-state index is 11.1. The number of aliphatic hydroxyl groups excluding tert-OH is 1. The molecule has 0 radical (unpaired) electrons. The molecule has 4 fully saturated rings. The fourth-order valence-electron chi connectivity index (χ4n) is 4.27. The van der Waals surface area contributed by atoms with Crippen molar-refractivity contribution in [1.29, 1.82) is 0 Å². The van der Waals surface area contributed by atoms with Gasteiger partial charge in [-0.15, -0.1) is 0 Å². The van der Waals surface area contributed by atoms with Gasteiger partial charge in [0.25, 0.3) is 0 Å². The van der Waals surface area contributed by atoms with Crippen molar-refractivity contribution in [3.05, 3.63) is 0 Å². The van der Waals surface area contributed by atoms with E-state index in [0.29, 0.717) is 17.8 Å². The number of rotatable bonds is 1. The van der Waals surface area contributed by atoms with Crippen LogP contribution in [0, 0.1) is 29.6 Å². The van der Waals surface area contributed by atoms with Crippen molar-refractivity contribution in [2.24, 2.45) is 29.6 Å². The van der Waals surface area contributed by atoms with Gasteiger partial charge in [0.1, 0.15) is 0 Å². The van der Waals surface area contributed by atoms with Crippen LogP contribution in [0.4, 0.5) is 0 Å². The second kappa shape index (κ2) is 2.72. The van der Waals surface area contributed by atoms with E-state index in [9.17, 15) is 9.90 Å². The van der Waals surface area contributed by atoms with E-state index in [4.69, 9.17) is 5.11 Å². The molecule has 14 heavy (non-hydrogen) atoms. The summed E-state index contributed by atoms with van der Waals surface area (Å²) in [5.74, 6) is 0.605. The SMILES string of the molecule is O=C(O)[C@@H]1[C@H]2C[C@@H]3C[C@@H](C2)[C@H](O)[C@@H]1C3. The van der Waals surface area contributed by atoms with Crippen molar-refractivity contribution in [2.45, 2.75) is 31.8 Å². The van der Waals surface area contributed by atoms with Crippen molar-refractivity contribution in [2.75, 3.05) is 0 Å². The lowest BCUT2D eigenvalue weighted by molar-refractivity contribution is -0.171. The summed E-state index contributed by atoms with van der Waals surface area (Å²) in [7, 11) is 0. The van der Waals surface area contributed by atoms with Gasteiger partial charge in [-0.25, -0.2) is 0 Å². The monoisotopic (exact) mass is 196 g/mol. The maximum Gasteiger partial charge on any atom is 0.307 e. The van der Waals surface area contributed by atoms with E-state index in [2.05, 4.69) is 0 Å². The second-order valence-corrected chi connectivity index (χ2v) is 5.35. The zero-order chi connectivity index (χ0) is 9.87. The van der Waals surface area contributed by atoms with Crippen molar-refractivity contribution in [3.63, 3.8) is 0 Å². The zero-order valence-electron chi connectivity index (χ0n) is 8.10. The van der Waals surface area contributed by atoms with Gasteiger partial charge in [-0.2, -0.15) is 0 Å². The first-order valence-corrected chi connectivity index (χ1v) is 5.57. The quantitative estimate of drug-likeness (QED) is 0.660. The van der Waals surface area contributed by atoms with Crippen LogP contribution in [0.1, 0.15) is 25.7 Å². The van der Waals surface area contributed by atoms with Crippen LogP contribution in [0.15, 0.2) is 0 Å². The Morgan fingerprint density at radius 1 is 1.07 bits per heavy atom. The average molecular weight is 196 g/mol. The number of carbonyl (C=O) groups is 1. The highest BCUT2D eigenvalue weighted by Gasteiger charge is 2.55. The van der Waals surface area contributed by atoms with E-state index in [-0.39, 0.29) is 17.9 Å². The molecular weight excluding hydrogens is 180 g/mol. The number of carboxylic acids is 1. The Morgan fingerprint density at radius 2 is 1.79 bits per heavy atom. The molecule has 0 aromatic carbocycles. The van der Waals surface area contributed by atoms with Gasteiger partial charge in [-0.05, 0) is 49.4 Å². The van der Waals surface area contributed by atoms with Crippen LogP contribution in [0.5, 0.6) is 0 Å². The largest absolute Gasteiger partial charge is 0.481 e. The first kappa shape index (κ1) is 8.72. The van der Waals surface area contributed by atoms with Gasteiger partial charge in [0, 0.05) is 0 Å². The highest BCUT2D eigenvalue weighted by atomic mass is 16.4. The van der Waals surface area contributed by atoms with E-state index in [1.165, 1.54) is 0 Å². The molecule has 78 valence electrons. The third kappa shape index (κ3) is 0.991. The molecule has 3 nitrogen and oxygen atoms in total. The van der Waals surface area contributed by atoms with Gasteiger partial charge in [0.2, 0.25) is 0 Å². The fourth-order valence-corrected chi connectivity index (χ4v) is 4.27. The summed E-state index contributed by atoms with van der Waals surface area (Å²) >= 11 is 0. The molecule has 6 atom stereocenters. The summed E-state index contributed by atoms with van der Waals surface area (Å²) in [5, 5.41) is 19.1. The van der Waals surface area contributed by atoms with Crippen LogP contribution in [0.25, 0.3) is 0 Å². The number of hydrogen-bond donors (Lipinski definition) is 2. The van der Waals surface area contributed by atoms with Crippen molar-refractivity contribution in [3.8, 4) is 0 Å². The first-order valence-electron chi connectivity index (χ1n) is 5.57. The van der Waals surface area contributed by atoms with Crippen molar-refractivity contribution in [1.82, 2.24) is 0 Å². The minimum absolute atomic E-state index is 0.0590. The third-order valence-corrected chi connectivity index (χ3v) is 4.66. The van der Waals surface area contributed by atoms with Gasteiger partial charge in [0.05, 0.1) is 12.0 Å². The van der Waals surface area contributed by atoms with E-state index in [0.717, 1.165) is 25.7 Å². The molecule has 0 aliphatic heterocycles. The smallest absolute Gasteiger partial charge is 0.307 e. The van der Waals surface area contributed by atoms with Crippen LogP contribution >= 0.6 is 0 Å². The van der Waals surface area contributed by atoms with Crippen LogP contribution < -0.4 is 0 Å². The van der Waals surface area contributed by atoms with Crippen LogP contribution in [0.3, 0.4) is 0 Å². The Morgan fingerprint density at radius 3 is 2.50 bits per heavy atom. The molecule has 2 N–H and O–H groups in total. The normalized spacial score (nSPS) is 54.9. The fraction of sp³-hybridized carbons (Fsp3) is 0.909. The molecule has 0 aromatic rings. The highest BCUT2D eigenvalue weighted by Crippen LogP contribution is 2.56. The molecule has 0 spiro atoms. The molecule has 0 heterocycles. The standard InChI is InChI=1S/C11H16O3/c12-10-7-2-5-1-6(4-7)9(11(13)14)8(10)3-5/h5-10,12H,1-4H2,(H,13,14)/t5-,6+,7+,8-,9-,10+/m1/s1. The summed E-state index contributed by atoms with van der Waals surface area (Å²) < 4.78 is 0. The molecule has 3 heteroatoms. The Kier molecular flexibility index (Phi) is 1.69. The first-order chi connectivity index (χ1) is 6.66. The molecule has 4 rings (SSSR count). The lowest BCUT2D eigenvalue weighted by Crippen LogP contribution is -2.55. The zero-order valence-corrected chi connectivity index (χ0v) is 8.10. The Labute approximate surface area is 83.1 Å². The molecule has 4 saturated carbocycles. The summed E-state index contributed by atoms with van der Waals surface area (Å²) in [4.78, 5) is 11.1. The number of hydrogen-bond acceptors (Lipinski definition) is 2. The van der Waals surface area contributed by atoms with Gasteiger partial charge < -0.3 is 10.2 Å². The van der Waals surface area contributed by atoms with E-state index in [1.807, 2.05) is 0 Å². The van der Waals surface area contributed by atoms with Gasteiger partial charge in [-0.1, -0.05) is 0 Å². The molecule has 4 aliphatic carbocycles. The highest BCUT2D eigenvalue weighted by molar-refractivity contribution is 5.71. The maximum atomic E-state index is 11.1. The van der Waals surface area contributed by atoms with Crippen LogP contribution in [-0.4, -0.2) is 22.3 Å². The topological polar surface area (TPSA) is 57.5 Å². The number of aliphatic carboxylic acids is 1. The average Bonchev–Trinajstić information content (AvgIpc) is 2.12. The summed E-state index contributed by atoms with van der Waals surface area (Å²) in [5.41, 5.74) is 0. The molecule has 4 bridgehead atoms. The predicted molar refractivity (Wildman–Crippen MR) is 49.6 cm³/mol. The Hall–Kier alpha value is -0.570. The van der Waals surface area contributed by atoms with Crippen LogP contribution in [-0.2, 0) is 4.79 Å². The van der Waals surface area contributed by atoms with E-state index >= 15 is 0 Å². The van der Waals surface area contributed by atoms with Gasteiger partial charge >= 0.3 is 5.97 Å². The molecule has 0 amide bonds. The molecule has 0 unspecified atom stereocenters. The van der Waals surface area contributed by atoms with Crippen molar-refractivity contribution < 1.29 is 15.0 Å². The summed E-state index contributed by atoms with van der Waals surface area (Å²) in [6, 6.07) is 0. The van der Waals surface area contributed by atoms with E-state index < -0.39 is 5.97 Å². The van der Waals surface area contributed by atoms with Gasteiger partial charge in [-0.3, -0.25) is 4.79 Å². The lowest BCUT2D eigenvalue weighted by atomic mass is 9.50. The van der Waals surface area contributed by atoms with E-state index in [1.54, 1.807) is 0 Å². The summed E-state index contributed by atoms with van der Waals surface area (Å²) in [6.45, 7) is 0. The minimum Gasteiger partial charge on any atom is -0.481 e. The van der Waals surface area contributed by atoms with Gasteiger partial charge in [0.15, 0.2) is 0 Å². The molecule has 4 aliphatic rings. The third-order valence-electron chi connectivity index (χ3n) is 4.66. The molecule has 0 saturated heterocycles. The molecule has 0 aromatic heterocycles.